The summed E-state index contributed by atoms with van der Waals surface area (Å²) in [5.74, 6) is 0.741. The molecule has 0 saturated carbocycles. The molecule has 1 unspecified atom stereocenters. The Labute approximate surface area is 85.3 Å². The molecule has 1 atom stereocenters. The lowest BCUT2D eigenvalue weighted by Crippen LogP contribution is -2.40. The van der Waals surface area contributed by atoms with Crippen molar-refractivity contribution in [3.63, 3.8) is 0 Å². The Morgan fingerprint density at radius 2 is 2.14 bits per heavy atom. The number of ether oxygens (including phenoxy) is 1. The van der Waals surface area contributed by atoms with Crippen LogP contribution in [-0.4, -0.2) is 36.8 Å². The van der Waals surface area contributed by atoms with Crippen molar-refractivity contribution in [1.29, 1.82) is 0 Å². The van der Waals surface area contributed by atoms with E-state index in [-0.39, 0.29) is 11.9 Å². The van der Waals surface area contributed by atoms with Crippen molar-refractivity contribution in [2.45, 2.75) is 26.8 Å². The summed E-state index contributed by atoms with van der Waals surface area (Å²) in [5.41, 5.74) is 5.38. The lowest BCUT2D eigenvalue weighted by Gasteiger charge is -2.12. The predicted molar refractivity (Wildman–Crippen MR) is 56.5 cm³/mol. The van der Waals surface area contributed by atoms with Crippen molar-refractivity contribution in [3.8, 4) is 0 Å². The first-order valence-corrected chi connectivity index (χ1v) is 4.86. The lowest BCUT2D eigenvalue weighted by molar-refractivity contribution is 0.111. The summed E-state index contributed by atoms with van der Waals surface area (Å²) in [6.45, 7) is 8.14. The Hall–Kier alpha value is -0.810. The molecule has 0 aromatic rings. The lowest BCUT2D eigenvalue weighted by atomic mass is 10.2. The van der Waals surface area contributed by atoms with Crippen LogP contribution in [0.4, 0.5) is 0 Å². The van der Waals surface area contributed by atoms with E-state index in [0.29, 0.717) is 19.1 Å². The molecule has 5 nitrogen and oxygen atoms in total. The zero-order valence-electron chi connectivity index (χ0n) is 9.16. The van der Waals surface area contributed by atoms with Gasteiger partial charge in [0.2, 0.25) is 0 Å². The predicted octanol–water partition coefficient (Wildman–Crippen LogP) is 0.384. The van der Waals surface area contributed by atoms with E-state index < -0.39 is 0 Å². The summed E-state index contributed by atoms with van der Waals surface area (Å²) in [6.07, 6.45) is 0. The van der Waals surface area contributed by atoms with Gasteiger partial charge in [-0.3, -0.25) is 0 Å². The number of hydrogen-bond acceptors (Lipinski definition) is 4. The highest BCUT2D eigenvalue weighted by Crippen LogP contribution is 1.91. The Morgan fingerprint density at radius 1 is 1.50 bits per heavy atom. The summed E-state index contributed by atoms with van der Waals surface area (Å²) in [6, 6.07) is -0.123. The van der Waals surface area contributed by atoms with Crippen LogP contribution in [-0.2, 0) is 4.74 Å². The third kappa shape index (κ3) is 6.68. The van der Waals surface area contributed by atoms with E-state index in [0.717, 1.165) is 6.61 Å². The molecule has 0 aromatic carbocycles. The van der Waals surface area contributed by atoms with Crippen LogP contribution in [0.5, 0.6) is 0 Å². The second-order valence-corrected chi connectivity index (χ2v) is 3.67. The second kappa shape index (κ2) is 7.58. The van der Waals surface area contributed by atoms with Crippen LogP contribution < -0.4 is 11.1 Å². The molecule has 0 aliphatic carbocycles. The van der Waals surface area contributed by atoms with Gasteiger partial charge < -0.3 is 21.0 Å². The molecule has 0 aliphatic rings. The van der Waals surface area contributed by atoms with Gasteiger partial charge in [0.1, 0.15) is 0 Å². The number of nitrogens with two attached hydrogens (primary N) is 1. The van der Waals surface area contributed by atoms with E-state index in [1.807, 2.05) is 6.92 Å². The molecule has 14 heavy (non-hydrogen) atoms. The van der Waals surface area contributed by atoms with Gasteiger partial charge in [0.15, 0.2) is 5.84 Å². The van der Waals surface area contributed by atoms with E-state index in [1.165, 1.54) is 0 Å². The molecular weight excluding hydrogens is 182 g/mol. The molecule has 0 radical (unpaired) electrons. The highest BCUT2D eigenvalue weighted by Gasteiger charge is 2.05. The molecule has 0 fully saturated rings. The third-order valence-electron chi connectivity index (χ3n) is 1.71. The van der Waals surface area contributed by atoms with Gasteiger partial charge in [0, 0.05) is 13.2 Å². The van der Waals surface area contributed by atoms with Crippen LogP contribution in [0.25, 0.3) is 0 Å². The van der Waals surface area contributed by atoms with Crippen LogP contribution >= 0.6 is 0 Å². The molecule has 0 rings (SSSR count). The Kier molecular flexibility index (Phi) is 7.14. The molecule has 0 heterocycles. The topological polar surface area (TPSA) is 79.9 Å². The molecule has 0 aromatic heterocycles. The van der Waals surface area contributed by atoms with E-state index in [4.69, 9.17) is 15.7 Å². The maximum absolute atomic E-state index is 8.37. The van der Waals surface area contributed by atoms with Crippen LogP contribution in [0.3, 0.4) is 0 Å². The minimum atomic E-state index is -0.123. The minimum Gasteiger partial charge on any atom is -0.409 e. The van der Waals surface area contributed by atoms with Gasteiger partial charge in [-0.1, -0.05) is 19.0 Å². The number of rotatable bonds is 7. The summed E-state index contributed by atoms with van der Waals surface area (Å²) in [7, 11) is 0. The second-order valence-electron chi connectivity index (χ2n) is 3.67. The molecule has 0 bridgehead atoms. The first-order chi connectivity index (χ1) is 6.57. The van der Waals surface area contributed by atoms with Crippen molar-refractivity contribution in [1.82, 2.24) is 5.32 Å². The van der Waals surface area contributed by atoms with E-state index in [9.17, 15) is 0 Å². The largest absolute Gasteiger partial charge is 0.409 e. The smallest absolute Gasteiger partial charge is 0.156 e. The Morgan fingerprint density at radius 3 is 2.64 bits per heavy atom. The zero-order valence-corrected chi connectivity index (χ0v) is 9.16. The van der Waals surface area contributed by atoms with Crippen LogP contribution in [0, 0.1) is 5.92 Å². The van der Waals surface area contributed by atoms with Gasteiger partial charge in [-0.05, 0) is 12.8 Å². The number of amidine groups is 1. The fourth-order valence-electron chi connectivity index (χ4n) is 0.858. The average Bonchev–Trinajstić information content (AvgIpc) is 2.15. The summed E-state index contributed by atoms with van der Waals surface area (Å²) in [5, 5.41) is 14.3. The highest BCUT2D eigenvalue weighted by molar-refractivity contribution is 5.84. The van der Waals surface area contributed by atoms with E-state index >= 15 is 0 Å². The summed E-state index contributed by atoms with van der Waals surface area (Å²) < 4.78 is 5.35. The van der Waals surface area contributed by atoms with Crippen LogP contribution in [0.2, 0.25) is 0 Å². The van der Waals surface area contributed by atoms with Gasteiger partial charge in [-0.2, -0.15) is 0 Å². The fourth-order valence-corrected chi connectivity index (χ4v) is 0.858. The molecule has 0 saturated heterocycles. The molecule has 84 valence electrons. The summed E-state index contributed by atoms with van der Waals surface area (Å²) in [4.78, 5) is 0. The molecule has 5 heteroatoms. The maximum Gasteiger partial charge on any atom is 0.156 e. The van der Waals surface area contributed by atoms with Crippen LogP contribution in [0.15, 0.2) is 5.16 Å². The number of oxime groups is 1. The zero-order chi connectivity index (χ0) is 11.0. The number of nitrogens with zero attached hydrogens (tertiary/aromatic N) is 1. The van der Waals surface area contributed by atoms with Crippen molar-refractivity contribution < 1.29 is 9.94 Å². The van der Waals surface area contributed by atoms with Crippen molar-refractivity contribution >= 4 is 5.84 Å². The molecule has 0 spiro atoms. The van der Waals surface area contributed by atoms with Crippen LogP contribution in [0.1, 0.15) is 20.8 Å². The van der Waals surface area contributed by atoms with Crippen molar-refractivity contribution in [2.75, 3.05) is 19.8 Å². The van der Waals surface area contributed by atoms with Gasteiger partial charge in [-0.15, -0.1) is 0 Å². The molecule has 0 amide bonds. The average molecular weight is 203 g/mol. The minimum absolute atomic E-state index is 0.123. The van der Waals surface area contributed by atoms with Gasteiger partial charge in [0.05, 0.1) is 12.6 Å². The van der Waals surface area contributed by atoms with Crippen molar-refractivity contribution in [3.05, 3.63) is 0 Å². The third-order valence-corrected chi connectivity index (χ3v) is 1.71. The van der Waals surface area contributed by atoms with Crippen molar-refractivity contribution in [2.24, 2.45) is 16.8 Å². The first kappa shape index (κ1) is 13.2. The monoisotopic (exact) mass is 203 g/mol. The fraction of sp³-hybridized carbons (Fsp3) is 0.889. The number of nitrogens with one attached hydrogen (secondary N) is 1. The first-order valence-electron chi connectivity index (χ1n) is 4.86. The quantitative estimate of drug-likeness (QED) is 0.184. The van der Waals surface area contributed by atoms with E-state index in [1.54, 1.807) is 0 Å². The van der Waals surface area contributed by atoms with Gasteiger partial charge in [-0.25, -0.2) is 0 Å². The molecule has 0 aliphatic heterocycles. The van der Waals surface area contributed by atoms with Gasteiger partial charge in [0.25, 0.3) is 0 Å². The Bertz CT molecular complexity index is 171. The standard InChI is InChI=1S/C9H21N3O2/c1-7(2)6-14-5-4-11-8(3)9(10)12-13/h7-8,11,13H,4-6H2,1-3H3,(H2,10,12). The molecular formula is C9H21N3O2. The van der Waals surface area contributed by atoms with Gasteiger partial charge >= 0.3 is 0 Å². The SMILES string of the molecule is CC(C)COCCNC(C)C(N)=NO. The Balaban J connectivity index is 3.36. The highest BCUT2D eigenvalue weighted by atomic mass is 16.5. The molecule has 4 N–H and O–H groups in total. The normalized spacial score (nSPS) is 14.7. The van der Waals surface area contributed by atoms with E-state index in [2.05, 4.69) is 24.3 Å². The summed E-state index contributed by atoms with van der Waals surface area (Å²) >= 11 is 0. The maximum atomic E-state index is 8.37. The number of hydrogen-bond donors (Lipinski definition) is 3.